The fraction of sp³-hybridized carbons (Fsp3) is 0.286. The number of carbonyl (C=O) groups excluding carboxylic acids is 2. The van der Waals surface area contributed by atoms with E-state index in [1.165, 1.54) is 4.90 Å². The van der Waals surface area contributed by atoms with Gasteiger partial charge in [-0.05, 0) is 72.0 Å². The van der Waals surface area contributed by atoms with E-state index in [4.69, 9.17) is 17.3 Å². The lowest BCUT2D eigenvalue weighted by Gasteiger charge is -2.24. The van der Waals surface area contributed by atoms with E-state index in [1.807, 2.05) is 12.1 Å². The van der Waals surface area contributed by atoms with Crippen molar-refractivity contribution in [3.05, 3.63) is 99.6 Å². The first kappa shape index (κ1) is 27.3. The van der Waals surface area contributed by atoms with Gasteiger partial charge in [0.1, 0.15) is 11.6 Å². The number of hydrogen-bond acceptors (Lipinski definition) is 3. The fourth-order valence-electron chi connectivity index (χ4n) is 3.70. The highest BCUT2D eigenvalue weighted by molar-refractivity contribution is 6.31. The first-order valence-electron chi connectivity index (χ1n) is 11.6. The van der Waals surface area contributed by atoms with Gasteiger partial charge in [-0.25, -0.2) is 8.78 Å². The van der Waals surface area contributed by atoms with Crippen LogP contribution in [0.4, 0.5) is 14.5 Å². The van der Waals surface area contributed by atoms with Crippen molar-refractivity contribution in [3.63, 3.8) is 0 Å². The summed E-state index contributed by atoms with van der Waals surface area (Å²) in [5.41, 5.74) is 8.19. The summed E-state index contributed by atoms with van der Waals surface area (Å²) in [7, 11) is 0. The Kier molecular flexibility index (Phi) is 8.82. The Morgan fingerprint density at radius 2 is 1.58 bits per heavy atom. The molecule has 8 heteroatoms. The Labute approximate surface area is 215 Å². The van der Waals surface area contributed by atoms with Crippen LogP contribution in [0.15, 0.2) is 60.7 Å². The van der Waals surface area contributed by atoms with Gasteiger partial charge < -0.3 is 16.0 Å². The largest absolute Gasteiger partial charge is 0.334 e. The van der Waals surface area contributed by atoms with E-state index in [-0.39, 0.29) is 30.0 Å². The lowest BCUT2D eigenvalue weighted by Crippen LogP contribution is -2.33. The number of amides is 2. The lowest BCUT2D eigenvalue weighted by atomic mass is 9.87. The van der Waals surface area contributed by atoms with Gasteiger partial charge in [0.25, 0.3) is 11.8 Å². The van der Waals surface area contributed by atoms with Gasteiger partial charge in [-0.15, -0.1) is 0 Å². The molecular formula is C28H30ClF2N3O2. The van der Waals surface area contributed by atoms with E-state index in [1.54, 1.807) is 30.3 Å². The van der Waals surface area contributed by atoms with E-state index in [2.05, 4.69) is 26.1 Å². The molecule has 0 aliphatic heterocycles. The van der Waals surface area contributed by atoms with Gasteiger partial charge in [0.15, 0.2) is 0 Å². The first-order valence-corrected chi connectivity index (χ1v) is 12.0. The molecule has 3 aromatic rings. The molecule has 0 aromatic heterocycles. The molecule has 0 unspecified atom stereocenters. The van der Waals surface area contributed by atoms with Crippen LogP contribution in [0.1, 0.15) is 59.0 Å². The van der Waals surface area contributed by atoms with E-state index >= 15 is 0 Å². The standard InChI is InChI=1S/C28H30ClF2N3O2/c1-28(2,3)21-7-5-18(6-8-21)26(35)33-24-9-10-25(29)20(15-24)17-34(12-4-11-32)27(36)19-13-22(30)16-23(31)14-19/h5-10,13-16H,4,11-12,17,32H2,1-3H3,(H,33,35). The number of benzene rings is 3. The van der Waals surface area contributed by atoms with Crippen LogP contribution in [0.25, 0.3) is 0 Å². The summed E-state index contributed by atoms with van der Waals surface area (Å²) in [5.74, 6) is -2.51. The molecule has 3 aromatic carbocycles. The second-order valence-corrected chi connectivity index (χ2v) is 10.0. The fourth-order valence-corrected chi connectivity index (χ4v) is 3.88. The second-order valence-electron chi connectivity index (χ2n) is 9.61. The summed E-state index contributed by atoms with van der Waals surface area (Å²) in [6, 6.07) is 15.1. The number of nitrogens with one attached hydrogen (secondary N) is 1. The number of nitrogens with zero attached hydrogens (tertiary/aromatic N) is 1. The summed E-state index contributed by atoms with van der Waals surface area (Å²) in [5, 5.41) is 3.24. The van der Waals surface area contributed by atoms with Crippen molar-refractivity contribution < 1.29 is 18.4 Å². The summed E-state index contributed by atoms with van der Waals surface area (Å²) in [6.07, 6.45) is 0.488. The SMILES string of the molecule is CC(C)(C)c1ccc(C(=O)Nc2ccc(Cl)c(CN(CCCN)C(=O)c3cc(F)cc(F)c3)c2)cc1. The van der Waals surface area contributed by atoms with Crippen LogP contribution >= 0.6 is 11.6 Å². The Morgan fingerprint density at radius 3 is 2.17 bits per heavy atom. The molecule has 0 heterocycles. The maximum Gasteiger partial charge on any atom is 0.255 e. The highest BCUT2D eigenvalue weighted by Crippen LogP contribution is 2.25. The van der Waals surface area contributed by atoms with Gasteiger partial charge in [0.05, 0.1) is 0 Å². The van der Waals surface area contributed by atoms with Crippen molar-refractivity contribution in [2.75, 3.05) is 18.4 Å². The zero-order valence-electron chi connectivity index (χ0n) is 20.6. The van der Waals surface area contributed by atoms with Crippen LogP contribution in [0.2, 0.25) is 5.02 Å². The minimum Gasteiger partial charge on any atom is -0.334 e. The van der Waals surface area contributed by atoms with Crippen molar-refractivity contribution in [3.8, 4) is 0 Å². The Balaban J connectivity index is 1.80. The molecule has 190 valence electrons. The smallest absolute Gasteiger partial charge is 0.255 e. The van der Waals surface area contributed by atoms with Crippen LogP contribution < -0.4 is 11.1 Å². The van der Waals surface area contributed by atoms with Crippen LogP contribution in [0, 0.1) is 11.6 Å². The normalized spacial score (nSPS) is 11.3. The third-order valence-corrected chi connectivity index (χ3v) is 6.08. The molecule has 0 aliphatic carbocycles. The topological polar surface area (TPSA) is 75.4 Å². The summed E-state index contributed by atoms with van der Waals surface area (Å²) < 4.78 is 27.4. The molecule has 0 fully saturated rings. The van der Waals surface area contributed by atoms with Gasteiger partial charge in [-0.2, -0.15) is 0 Å². The molecule has 0 aliphatic rings. The predicted molar refractivity (Wildman–Crippen MR) is 139 cm³/mol. The van der Waals surface area contributed by atoms with Gasteiger partial charge in [0, 0.05) is 41.0 Å². The van der Waals surface area contributed by atoms with Gasteiger partial charge in [-0.1, -0.05) is 44.5 Å². The molecule has 0 atom stereocenters. The number of carbonyl (C=O) groups is 2. The highest BCUT2D eigenvalue weighted by atomic mass is 35.5. The summed E-state index contributed by atoms with van der Waals surface area (Å²) in [4.78, 5) is 27.3. The Bertz CT molecular complexity index is 1220. The second kappa shape index (κ2) is 11.6. The summed E-state index contributed by atoms with van der Waals surface area (Å²) in [6.45, 7) is 6.97. The van der Waals surface area contributed by atoms with E-state index in [0.717, 1.165) is 17.7 Å². The molecular weight excluding hydrogens is 484 g/mol. The molecule has 3 N–H and O–H groups in total. The number of nitrogens with two attached hydrogens (primary N) is 1. The number of hydrogen-bond donors (Lipinski definition) is 2. The van der Waals surface area contributed by atoms with Gasteiger partial charge in [0.2, 0.25) is 0 Å². The Hall–Kier alpha value is -3.29. The number of anilines is 1. The maximum absolute atomic E-state index is 13.7. The third-order valence-electron chi connectivity index (χ3n) is 5.71. The zero-order chi connectivity index (χ0) is 26.5. The minimum atomic E-state index is -0.838. The molecule has 0 bridgehead atoms. The molecule has 5 nitrogen and oxygen atoms in total. The van der Waals surface area contributed by atoms with E-state index in [9.17, 15) is 18.4 Å². The van der Waals surface area contributed by atoms with Crippen LogP contribution in [-0.2, 0) is 12.0 Å². The highest BCUT2D eigenvalue weighted by Gasteiger charge is 2.20. The lowest BCUT2D eigenvalue weighted by molar-refractivity contribution is 0.0741. The van der Waals surface area contributed by atoms with Gasteiger partial charge >= 0.3 is 0 Å². The van der Waals surface area contributed by atoms with Crippen molar-refractivity contribution >= 4 is 29.1 Å². The quantitative estimate of drug-likeness (QED) is 0.379. The average molecular weight is 514 g/mol. The molecule has 3 rings (SSSR count). The molecule has 0 saturated carbocycles. The van der Waals surface area contributed by atoms with Crippen LogP contribution in [0.5, 0.6) is 0 Å². The molecule has 36 heavy (non-hydrogen) atoms. The van der Waals surface area contributed by atoms with Crippen LogP contribution in [0.3, 0.4) is 0 Å². The van der Waals surface area contributed by atoms with E-state index in [0.29, 0.717) is 40.9 Å². The zero-order valence-corrected chi connectivity index (χ0v) is 21.3. The average Bonchev–Trinajstić information content (AvgIpc) is 2.82. The monoisotopic (exact) mass is 513 g/mol. The molecule has 2 amide bonds. The third kappa shape index (κ3) is 7.12. The van der Waals surface area contributed by atoms with E-state index < -0.39 is 17.5 Å². The first-order chi connectivity index (χ1) is 17.0. The van der Waals surface area contributed by atoms with Crippen molar-refractivity contribution in [2.24, 2.45) is 5.73 Å². The number of rotatable bonds is 8. The summed E-state index contributed by atoms with van der Waals surface area (Å²) >= 11 is 6.39. The number of halogens is 3. The maximum atomic E-state index is 13.7. The Morgan fingerprint density at radius 1 is 0.944 bits per heavy atom. The van der Waals surface area contributed by atoms with Crippen LogP contribution in [-0.4, -0.2) is 29.8 Å². The minimum absolute atomic E-state index is 0.0232. The molecule has 0 saturated heterocycles. The van der Waals surface area contributed by atoms with Crippen molar-refractivity contribution in [2.45, 2.75) is 39.2 Å². The van der Waals surface area contributed by atoms with Gasteiger partial charge in [-0.3, -0.25) is 9.59 Å². The van der Waals surface area contributed by atoms with Crippen molar-refractivity contribution in [1.82, 2.24) is 4.90 Å². The predicted octanol–water partition coefficient (Wildman–Crippen LogP) is 6.16. The molecule has 0 radical (unpaired) electrons. The van der Waals surface area contributed by atoms with Crippen molar-refractivity contribution in [1.29, 1.82) is 0 Å². The molecule has 0 spiro atoms.